The fourth-order valence-corrected chi connectivity index (χ4v) is 3.59. The summed E-state index contributed by atoms with van der Waals surface area (Å²) in [6, 6.07) is 13.3. The molecule has 2 aromatic heterocycles. The van der Waals surface area contributed by atoms with Gasteiger partial charge in [0.15, 0.2) is 10.1 Å². The van der Waals surface area contributed by atoms with Gasteiger partial charge in [0.2, 0.25) is 0 Å². The molecule has 3 aromatic rings. The van der Waals surface area contributed by atoms with Gasteiger partial charge in [0.05, 0.1) is 16.0 Å². The summed E-state index contributed by atoms with van der Waals surface area (Å²) in [6.07, 6.45) is 1.63. The molecule has 0 unspecified atom stereocenters. The van der Waals surface area contributed by atoms with Crippen molar-refractivity contribution in [2.45, 2.75) is 4.34 Å². The number of fused-ring (bicyclic) bond motifs is 1. The predicted molar refractivity (Wildman–Crippen MR) is 78.9 cm³/mol. The molecule has 0 atom stereocenters. The monoisotopic (exact) mass is 286 g/mol. The SMILES string of the molecule is O=C(CSc1nc2ccccc2s1)c1ccccn1. The van der Waals surface area contributed by atoms with Gasteiger partial charge in [-0.25, -0.2) is 4.98 Å². The molecule has 0 radical (unpaired) electrons. The summed E-state index contributed by atoms with van der Waals surface area (Å²) < 4.78 is 2.07. The second kappa shape index (κ2) is 5.50. The van der Waals surface area contributed by atoms with E-state index in [1.165, 1.54) is 11.8 Å². The van der Waals surface area contributed by atoms with Crippen LogP contribution in [0.2, 0.25) is 0 Å². The first-order valence-electron chi connectivity index (χ1n) is 5.75. The lowest BCUT2D eigenvalue weighted by atomic mass is 10.3. The van der Waals surface area contributed by atoms with Crippen LogP contribution in [-0.2, 0) is 0 Å². The van der Waals surface area contributed by atoms with E-state index >= 15 is 0 Å². The number of pyridine rings is 1. The Bertz CT molecular complexity index is 677. The van der Waals surface area contributed by atoms with Crippen molar-refractivity contribution in [3.63, 3.8) is 0 Å². The molecule has 0 aliphatic heterocycles. The van der Waals surface area contributed by atoms with Gasteiger partial charge in [-0.2, -0.15) is 0 Å². The molecule has 3 nitrogen and oxygen atoms in total. The average molecular weight is 286 g/mol. The molecule has 0 aliphatic carbocycles. The number of rotatable bonds is 4. The molecule has 0 N–H and O–H groups in total. The van der Waals surface area contributed by atoms with Gasteiger partial charge < -0.3 is 0 Å². The summed E-state index contributed by atoms with van der Waals surface area (Å²) in [5.41, 5.74) is 1.50. The van der Waals surface area contributed by atoms with Crippen LogP contribution in [0.3, 0.4) is 0 Å². The van der Waals surface area contributed by atoms with Gasteiger partial charge in [0.25, 0.3) is 0 Å². The Morgan fingerprint density at radius 3 is 2.79 bits per heavy atom. The molecule has 0 aliphatic rings. The largest absolute Gasteiger partial charge is 0.291 e. The molecule has 2 heterocycles. The minimum absolute atomic E-state index is 0.0323. The molecule has 19 heavy (non-hydrogen) atoms. The van der Waals surface area contributed by atoms with E-state index in [1.54, 1.807) is 29.7 Å². The van der Waals surface area contributed by atoms with Crippen molar-refractivity contribution < 1.29 is 4.79 Å². The summed E-state index contributed by atoms with van der Waals surface area (Å²) in [5.74, 6) is 0.404. The number of Topliss-reactive ketones (excluding diaryl/α,β-unsaturated/α-hetero) is 1. The highest BCUT2D eigenvalue weighted by molar-refractivity contribution is 8.01. The van der Waals surface area contributed by atoms with Gasteiger partial charge in [0, 0.05) is 6.20 Å². The number of benzene rings is 1. The lowest BCUT2D eigenvalue weighted by molar-refractivity contribution is 0.101. The smallest absolute Gasteiger partial charge is 0.191 e. The van der Waals surface area contributed by atoms with E-state index in [0.29, 0.717) is 11.4 Å². The highest BCUT2D eigenvalue weighted by atomic mass is 32.2. The molecule has 3 rings (SSSR count). The molecule has 0 spiro atoms. The van der Waals surface area contributed by atoms with E-state index in [4.69, 9.17) is 0 Å². The number of carbonyl (C=O) groups is 1. The summed E-state index contributed by atoms with van der Waals surface area (Å²) >= 11 is 3.08. The zero-order valence-corrected chi connectivity index (χ0v) is 11.6. The number of aromatic nitrogens is 2. The maximum atomic E-state index is 11.9. The average Bonchev–Trinajstić information content (AvgIpc) is 2.88. The Balaban J connectivity index is 1.71. The molecule has 0 amide bonds. The maximum Gasteiger partial charge on any atom is 0.191 e. The van der Waals surface area contributed by atoms with E-state index in [-0.39, 0.29) is 5.78 Å². The van der Waals surface area contributed by atoms with Gasteiger partial charge in [-0.15, -0.1) is 11.3 Å². The molecule has 0 saturated carbocycles. The van der Waals surface area contributed by atoms with E-state index < -0.39 is 0 Å². The van der Waals surface area contributed by atoms with Gasteiger partial charge in [-0.05, 0) is 24.3 Å². The maximum absolute atomic E-state index is 11.9. The molecule has 94 valence electrons. The van der Waals surface area contributed by atoms with E-state index in [9.17, 15) is 4.79 Å². The third-order valence-electron chi connectivity index (χ3n) is 2.55. The highest BCUT2D eigenvalue weighted by Crippen LogP contribution is 2.29. The first-order valence-corrected chi connectivity index (χ1v) is 7.56. The molecule has 1 aromatic carbocycles. The number of hydrogen-bond donors (Lipinski definition) is 0. The fraction of sp³-hybridized carbons (Fsp3) is 0.0714. The summed E-state index contributed by atoms with van der Waals surface area (Å²) in [5, 5.41) is 0. The number of thioether (sulfide) groups is 1. The normalized spacial score (nSPS) is 10.7. The lowest BCUT2D eigenvalue weighted by Gasteiger charge is -1.97. The van der Waals surface area contributed by atoms with Gasteiger partial charge in [-0.1, -0.05) is 30.0 Å². The minimum atomic E-state index is 0.0323. The topological polar surface area (TPSA) is 42.9 Å². The lowest BCUT2D eigenvalue weighted by Crippen LogP contribution is -2.04. The van der Waals surface area contributed by atoms with Gasteiger partial charge in [-0.3, -0.25) is 9.78 Å². The molecule has 0 saturated heterocycles. The number of ketones is 1. The van der Waals surface area contributed by atoms with Crippen molar-refractivity contribution in [3.05, 3.63) is 54.4 Å². The molecule has 0 bridgehead atoms. The number of nitrogens with zero attached hydrogens (tertiary/aromatic N) is 2. The van der Waals surface area contributed by atoms with Crippen LogP contribution in [0.15, 0.2) is 53.0 Å². The van der Waals surface area contributed by atoms with Crippen LogP contribution in [0.5, 0.6) is 0 Å². The Kier molecular flexibility index (Phi) is 3.57. The summed E-state index contributed by atoms with van der Waals surface area (Å²) in [4.78, 5) is 20.5. The predicted octanol–water partition coefficient (Wildman–Crippen LogP) is 3.67. The summed E-state index contributed by atoms with van der Waals surface area (Å²) in [6.45, 7) is 0. The summed E-state index contributed by atoms with van der Waals surface area (Å²) in [7, 11) is 0. The molecular weight excluding hydrogens is 276 g/mol. The molecular formula is C14H10N2OS2. The number of para-hydroxylation sites is 1. The Labute approximate surface area is 118 Å². The molecule has 0 fully saturated rings. The quantitative estimate of drug-likeness (QED) is 0.542. The first kappa shape index (κ1) is 12.3. The number of thiazole rings is 1. The minimum Gasteiger partial charge on any atom is -0.291 e. The Hall–Kier alpha value is -1.72. The highest BCUT2D eigenvalue weighted by Gasteiger charge is 2.10. The van der Waals surface area contributed by atoms with E-state index in [0.717, 1.165) is 14.6 Å². The number of carbonyl (C=O) groups excluding carboxylic acids is 1. The fourth-order valence-electron chi connectivity index (χ4n) is 1.64. The second-order valence-corrected chi connectivity index (χ2v) is 6.13. The van der Waals surface area contributed by atoms with Crippen molar-refractivity contribution in [1.29, 1.82) is 0 Å². The van der Waals surface area contributed by atoms with Crippen molar-refractivity contribution in [2.24, 2.45) is 0 Å². The van der Waals surface area contributed by atoms with Crippen LogP contribution in [0.4, 0.5) is 0 Å². The zero-order chi connectivity index (χ0) is 13.1. The first-order chi connectivity index (χ1) is 9.33. The van der Waals surface area contributed by atoms with E-state index in [2.05, 4.69) is 9.97 Å². The van der Waals surface area contributed by atoms with Crippen LogP contribution < -0.4 is 0 Å². The second-order valence-electron chi connectivity index (χ2n) is 3.87. The van der Waals surface area contributed by atoms with E-state index in [1.807, 2.05) is 30.3 Å². The zero-order valence-electron chi connectivity index (χ0n) is 9.95. The van der Waals surface area contributed by atoms with Crippen molar-refractivity contribution in [3.8, 4) is 0 Å². The van der Waals surface area contributed by atoms with Crippen LogP contribution in [-0.4, -0.2) is 21.5 Å². The third-order valence-corrected chi connectivity index (χ3v) is 4.73. The molecule has 5 heteroatoms. The van der Waals surface area contributed by atoms with Gasteiger partial charge in [0.1, 0.15) is 5.69 Å². The van der Waals surface area contributed by atoms with Crippen LogP contribution in [0.25, 0.3) is 10.2 Å². The van der Waals surface area contributed by atoms with Crippen molar-refractivity contribution in [1.82, 2.24) is 9.97 Å². The van der Waals surface area contributed by atoms with Crippen LogP contribution in [0.1, 0.15) is 10.5 Å². The van der Waals surface area contributed by atoms with Crippen LogP contribution in [0, 0.1) is 0 Å². The third kappa shape index (κ3) is 2.83. The van der Waals surface area contributed by atoms with Crippen molar-refractivity contribution >= 4 is 39.1 Å². The Morgan fingerprint density at radius 1 is 1.16 bits per heavy atom. The number of hydrogen-bond acceptors (Lipinski definition) is 5. The van der Waals surface area contributed by atoms with Crippen molar-refractivity contribution in [2.75, 3.05) is 5.75 Å². The Morgan fingerprint density at radius 2 is 2.00 bits per heavy atom. The van der Waals surface area contributed by atoms with Crippen LogP contribution >= 0.6 is 23.1 Å². The van der Waals surface area contributed by atoms with Gasteiger partial charge >= 0.3 is 0 Å². The standard InChI is InChI=1S/C14H10N2OS2/c17-12(10-5-3-4-8-15-10)9-18-14-16-11-6-1-2-7-13(11)19-14/h1-8H,9H2.